The maximum Gasteiger partial charge on any atom is 0.343 e. The van der Waals surface area contributed by atoms with Gasteiger partial charge in [0.05, 0.1) is 23.8 Å². The lowest BCUT2D eigenvalue weighted by molar-refractivity contribution is 0.0734. The molecular weight excluding hydrogens is 404 g/mol. The molecule has 3 aromatic rings. The number of carbonyl (C=O) groups is 1. The van der Waals surface area contributed by atoms with Crippen molar-refractivity contribution >= 4 is 22.2 Å². The summed E-state index contributed by atoms with van der Waals surface area (Å²) in [4.78, 5) is 14.5. The Morgan fingerprint density at radius 2 is 1.50 bits per heavy atom. The highest BCUT2D eigenvalue weighted by atomic mass is 32.2. The van der Waals surface area contributed by atoms with E-state index in [9.17, 15) is 13.2 Å². The molecule has 3 rings (SSSR count). The minimum absolute atomic E-state index is 0.131. The molecule has 0 radical (unpaired) electrons. The van der Waals surface area contributed by atoms with Crippen LogP contribution in [0.4, 0.5) is 0 Å². The van der Waals surface area contributed by atoms with Crippen molar-refractivity contribution in [2.24, 2.45) is 5.10 Å². The molecule has 30 heavy (non-hydrogen) atoms. The highest BCUT2D eigenvalue weighted by Crippen LogP contribution is 2.16. The summed E-state index contributed by atoms with van der Waals surface area (Å²) < 4.78 is 34.8. The van der Waals surface area contributed by atoms with Crippen molar-refractivity contribution in [3.05, 3.63) is 89.5 Å². The molecule has 7 nitrogen and oxygen atoms in total. The number of nitrogens with zero attached hydrogens (tertiary/aromatic N) is 1. The van der Waals surface area contributed by atoms with Crippen molar-refractivity contribution in [3.63, 3.8) is 0 Å². The average molecular weight is 424 g/mol. The number of ether oxygens (including phenoxy) is 2. The maximum atomic E-state index is 12.2. The van der Waals surface area contributed by atoms with Crippen LogP contribution in [-0.4, -0.2) is 27.7 Å². The van der Waals surface area contributed by atoms with E-state index in [0.29, 0.717) is 22.6 Å². The van der Waals surface area contributed by atoms with Gasteiger partial charge >= 0.3 is 5.97 Å². The number of sulfonamides is 1. The topological polar surface area (TPSA) is 94.1 Å². The fourth-order valence-electron chi connectivity index (χ4n) is 2.46. The third-order valence-corrected chi connectivity index (χ3v) is 5.37. The second kappa shape index (κ2) is 9.23. The first-order chi connectivity index (χ1) is 14.4. The predicted molar refractivity (Wildman–Crippen MR) is 113 cm³/mol. The number of hydrogen-bond acceptors (Lipinski definition) is 6. The number of rotatable bonds is 7. The van der Waals surface area contributed by atoms with Gasteiger partial charge in [-0.1, -0.05) is 17.7 Å². The van der Waals surface area contributed by atoms with Gasteiger partial charge in [-0.2, -0.15) is 13.5 Å². The molecule has 0 saturated heterocycles. The number of nitrogens with one attached hydrogen (secondary N) is 1. The van der Waals surface area contributed by atoms with Crippen molar-refractivity contribution in [2.75, 3.05) is 7.11 Å². The van der Waals surface area contributed by atoms with E-state index in [0.717, 1.165) is 5.56 Å². The van der Waals surface area contributed by atoms with Crippen LogP contribution >= 0.6 is 0 Å². The summed E-state index contributed by atoms with van der Waals surface area (Å²) in [5, 5.41) is 3.78. The monoisotopic (exact) mass is 424 g/mol. The van der Waals surface area contributed by atoms with E-state index in [2.05, 4.69) is 9.93 Å². The molecule has 0 amide bonds. The number of methoxy groups -OCH3 is 1. The minimum atomic E-state index is -3.73. The van der Waals surface area contributed by atoms with Crippen LogP contribution in [0.5, 0.6) is 11.5 Å². The lowest BCUT2D eigenvalue weighted by atomic mass is 10.2. The molecule has 0 saturated carbocycles. The van der Waals surface area contributed by atoms with Crippen LogP contribution in [0, 0.1) is 6.92 Å². The van der Waals surface area contributed by atoms with Crippen molar-refractivity contribution in [1.82, 2.24) is 4.83 Å². The molecule has 0 bridgehead atoms. The van der Waals surface area contributed by atoms with Crippen molar-refractivity contribution < 1.29 is 22.7 Å². The molecule has 1 N–H and O–H groups in total. The first-order valence-corrected chi connectivity index (χ1v) is 10.4. The Hall–Kier alpha value is -3.65. The van der Waals surface area contributed by atoms with E-state index in [1.165, 1.54) is 18.3 Å². The molecule has 154 valence electrons. The van der Waals surface area contributed by atoms with Gasteiger partial charge in [0.2, 0.25) is 0 Å². The summed E-state index contributed by atoms with van der Waals surface area (Å²) in [5.41, 5.74) is 1.99. The van der Waals surface area contributed by atoms with Crippen LogP contribution in [0.2, 0.25) is 0 Å². The standard InChI is InChI=1S/C22H20N2O5S/c1-16-3-13-21(14-4-16)30(26,27)24-23-15-17-5-9-20(10-6-17)29-22(25)18-7-11-19(28-2)12-8-18/h3-15,24H,1-2H3/b23-15-. The summed E-state index contributed by atoms with van der Waals surface area (Å²) in [7, 11) is -2.19. The van der Waals surface area contributed by atoms with Crippen molar-refractivity contribution in [2.45, 2.75) is 11.8 Å². The Labute approximate surface area is 175 Å². The van der Waals surface area contributed by atoms with Gasteiger partial charge in [-0.05, 0) is 73.2 Å². The molecule has 8 heteroatoms. The molecule has 0 heterocycles. The first kappa shape index (κ1) is 21.1. The highest BCUT2D eigenvalue weighted by Gasteiger charge is 2.12. The highest BCUT2D eigenvalue weighted by molar-refractivity contribution is 7.89. The number of hydrazone groups is 1. The summed E-state index contributed by atoms with van der Waals surface area (Å²) in [6, 6.07) is 19.5. The summed E-state index contributed by atoms with van der Waals surface area (Å²) in [5.74, 6) is 0.506. The number of carbonyl (C=O) groups excluding carboxylic acids is 1. The van der Waals surface area contributed by atoms with Crippen molar-refractivity contribution in [1.29, 1.82) is 0 Å². The van der Waals surface area contributed by atoms with Crippen LogP contribution in [0.15, 0.2) is 82.8 Å². The normalized spacial score (nSPS) is 11.3. The Morgan fingerprint density at radius 1 is 0.900 bits per heavy atom. The molecule has 0 aliphatic rings. The second-order valence-corrected chi connectivity index (χ2v) is 8.01. The van der Waals surface area contributed by atoms with Crippen LogP contribution in [0.3, 0.4) is 0 Å². The molecule has 0 spiro atoms. The van der Waals surface area contributed by atoms with Gasteiger partial charge < -0.3 is 9.47 Å². The molecular formula is C22H20N2O5S. The molecule has 0 atom stereocenters. The van der Waals surface area contributed by atoms with Gasteiger partial charge in [0.15, 0.2) is 0 Å². The van der Waals surface area contributed by atoms with Gasteiger partial charge in [-0.3, -0.25) is 0 Å². The Morgan fingerprint density at radius 3 is 2.10 bits per heavy atom. The third kappa shape index (κ3) is 5.45. The molecule has 0 unspecified atom stereocenters. The Kier molecular flexibility index (Phi) is 6.48. The Balaban J connectivity index is 1.59. The van der Waals surface area contributed by atoms with Crippen LogP contribution in [0.25, 0.3) is 0 Å². The smallest absolute Gasteiger partial charge is 0.343 e. The van der Waals surface area contributed by atoms with E-state index < -0.39 is 16.0 Å². The third-order valence-electron chi connectivity index (χ3n) is 4.13. The summed E-state index contributed by atoms with van der Waals surface area (Å²) >= 11 is 0. The largest absolute Gasteiger partial charge is 0.497 e. The van der Waals surface area contributed by atoms with E-state index in [4.69, 9.17) is 9.47 Å². The number of esters is 1. The molecule has 0 aromatic heterocycles. The average Bonchev–Trinajstić information content (AvgIpc) is 2.75. The van der Waals surface area contributed by atoms with E-state index in [-0.39, 0.29) is 4.90 Å². The lowest BCUT2D eigenvalue weighted by Gasteiger charge is -2.06. The quantitative estimate of drug-likeness (QED) is 0.271. The Bertz CT molecular complexity index is 1140. The first-order valence-electron chi connectivity index (χ1n) is 8.95. The minimum Gasteiger partial charge on any atom is -0.497 e. The summed E-state index contributed by atoms with van der Waals surface area (Å²) in [6.07, 6.45) is 1.36. The van der Waals surface area contributed by atoms with Gasteiger partial charge in [0.1, 0.15) is 11.5 Å². The predicted octanol–water partition coefficient (Wildman–Crippen LogP) is 3.54. The van der Waals surface area contributed by atoms with Crippen LogP contribution < -0.4 is 14.3 Å². The zero-order valence-corrected chi connectivity index (χ0v) is 17.2. The van der Waals surface area contributed by atoms with E-state index in [1.54, 1.807) is 67.8 Å². The molecule has 0 aliphatic heterocycles. The SMILES string of the molecule is COc1ccc(C(=O)Oc2ccc(/C=N\NS(=O)(=O)c3ccc(C)cc3)cc2)cc1. The van der Waals surface area contributed by atoms with E-state index in [1.807, 2.05) is 6.92 Å². The van der Waals surface area contributed by atoms with Gasteiger partial charge in [-0.15, -0.1) is 0 Å². The summed E-state index contributed by atoms with van der Waals surface area (Å²) in [6.45, 7) is 1.87. The van der Waals surface area contributed by atoms with Crippen LogP contribution in [-0.2, 0) is 10.0 Å². The number of benzene rings is 3. The van der Waals surface area contributed by atoms with Gasteiger partial charge in [0, 0.05) is 0 Å². The second-order valence-electron chi connectivity index (χ2n) is 6.35. The van der Waals surface area contributed by atoms with Gasteiger partial charge in [0.25, 0.3) is 10.0 Å². The zero-order chi connectivity index (χ0) is 21.6. The molecule has 0 fully saturated rings. The maximum absolute atomic E-state index is 12.2. The fourth-order valence-corrected chi connectivity index (χ4v) is 3.25. The fraction of sp³-hybridized carbons (Fsp3) is 0.0909. The number of hydrogen-bond donors (Lipinski definition) is 1. The van der Waals surface area contributed by atoms with Crippen LogP contribution in [0.1, 0.15) is 21.5 Å². The lowest BCUT2D eigenvalue weighted by Crippen LogP contribution is -2.18. The van der Waals surface area contributed by atoms with E-state index >= 15 is 0 Å². The van der Waals surface area contributed by atoms with Gasteiger partial charge in [-0.25, -0.2) is 9.63 Å². The zero-order valence-electron chi connectivity index (χ0n) is 16.4. The molecule has 3 aromatic carbocycles. The molecule has 0 aliphatic carbocycles. The van der Waals surface area contributed by atoms with Crippen molar-refractivity contribution in [3.8, 4) is 11.5 Å². The number of aryl methyl sites for hydroxylation is 1.